The molecule has 0 radical (unpaired) electrons. The minimum absolute atomic E-state index is 0.921. The summed E-state index contributed by atoms with van der Waals surface area (Å²) < 4.78 is 0. The van der Waals surface area contributed by atoms with E-state index in [2.05, 4.69) is 18.2 Å². The molecule has 0 unspecified atom stereocenters. The zero-order chi connectivity index (χ0) is 10.5. The fraction of sp³-hybridized carbons (Fsp3) is 0.429. The summed E-state index contributed by atoms with van der Waals surface area (Å²) in [4.78, 5) is 0. The molecule has 0 aromatic heterocycles. The highest BCUT2D eigenvalue weighted by molar-refractivity contribution is 5.47. The molecule has 0 aliphatic heterocycles. The number of nitrogens with two attached hydrogens (primary N) is 1. The van der Waals surface area contributed by atoms with Crippen molar-refractivity contribution in [3.05, 3.63) is 41.5 Å². The molecule has 0 amide bonds. The Kier molecular flexibility index (Phi) is 3.44. The van der Waals surface area contributed by atoms with Crippen LogP contribution in [0.4, 0.5) is 5.69 Å². The van der Waals surface area contributed by atoms with Crippen LogP contribution in [0.25, 0.3) is 0 Å². The maximum atomic E-state index is 5.91. The number of para-hydroxylation sites is 1. The topological polar surface area (TPSA) is 26.0 Å². The number of hydrogen-bond acceptors (Lipinski definition) is 1. The highest BCUT2D eigenvalue weighted by Crippen LogP contribution is 2.23. The van der Waals surface area contributed by atoms with Crippen LogP contribution in [0, 0.1) is 0 Å². The molecule has 1 fully saturated rings. The number of benzene rings is 1. The first kappa shape index (κ1) is 10.3. The lowest BCUT2D eigenvalue weighted by Crippen LogP contribution is -1.96. The Morgan fingerprint density at radius 1 is 1.07 bits per heavy atom. The van der Waals surface area contributed by atoms with Crippen LogP contribution >= 0.6 is 0 Å². The Bertz CT molecular complexity index is 344. The fourth-order valence-corrected chi connectivity index (χ4v) is 2.18. The molecule has 1 heteroatoms. The molecular weight excluding hydrogens is 182 g/mol. The van der Waals surface area contributed by atoms with Gasteiger partial charge in [-0.3, -0.25) is 0 Å². The van der Waals surface area contributed by atoms with Gasteiger partial charge in [-0.05, 0) is 43.7 Å². The van der Waals surface area contributed by atoms with E-state index in [0.717, 1.165) is 12.1 Å². The van der Waals surface area contributed by atoms with Gasteiger partial charge in [0, 0.05) is 5.69 Å². The first-order valence-electron chi connectivity index (χ1n) is 5.87. The van der Waals surface area contributed by atoms with Gasteiger partial charge < -0.3 is 5.73 Å². The molecule has 1 aliphatic carbocycles. The predicted molar refractivity (Wildman–Crippen MR) is 65.7 cm³/mol. The van der Waals surface area contributed by atoms with E-state index in [9.17, 15) is 0 Å². The molecule has 0 heterocycles. The summed E-state index contributed by atoms with van der Waals surface area (Å²) in [5.41, 5.74) is 9.72. The van der Waals surface area contributed by atoms with Gasteiger partial charge in [-0.15, -0.1) is 0 Å². The van der Waals surface area contributed by atoms with E-state index in [0.29, 0.717) is 0 Å². The average Bonchev–Trinajstić information content (AvgIpc) is 2.29. The summed E-state index contributed by atoms with van der Waals surface area (Å²) in [6, 6.07) is 8.15. The van der Waals surface area contributed by atoms with Crippen LogP contribution in [0.1, 0.15) is 37.7 Å². The molecule has 1 aliphatic rings. The van der Waals surface area contributed by atoms with Crippen molar-refractivity contribution in [2.24, 2.45) is 0 Å². The zero-order valence-corrected chi connectivity index (χ0v) is 9.21. The number of anilines is 1. The summed E-state index contributed by atoms with van der Waals surface area (Å²) in [6.45, 7) is 0. The summed E-state index contributed by atoms with van der Waals surface area (Å²) >= 11 is 0. The Hall–Kier alpha value is -1.24. The van der Waals surface area contributed by atoms with Gasteiger partial charge in [0.2, 0.25) is 0 Å². The second-order valence-electron chi connectivity index (χ2n) is 4.33. The van der Waals surface area contributed by atoms with Crippen LogP contribution < -0.4 is 5.73 Å². The van der Waals surface area contributed by atoms with E-state index in [1.54, 1.807) is 5.57 Å². The van der Waals surface area contributed by atoms with Crippen LogP contribution in [0.5, 0.6) is 0 Å². The number of nitrogen functional groups attached to an aromatic ring is 1. The van der Waals surface area contributed by atoms with Crippen molar-refractivity contribution in [1.29, 1.82) is 0 Å². The van der Waals surface area contributed by atoms with Gasteiger partial charge in [0.25, 0.3) is 0 Å². The molecule has 1 nitrogen and oxygen atoms in total. The van der Waals surface area contributed by atoms with Gasteiger partial charge in [-0.1, -0.05) is 36.3 Å². The minimum Gasteiger partial charge on any atom is -0.398 e. The molecule has 1 aromatic carbocycles. The first-order valence-corrected chi connectivity index (χ1v) is 5.87. The minimum atomic E-state index is 0.921. The molecule has 0 bridgehead atoms. The molecule has 0 spiro atoms. The van der Waals surface area contributed by atoms with Gasteiger partial charge in [0.05, 0.1) is 0 Å². The summed E-state index contributed by atoms with van der Waals surface area (Å²) in [7, 11) is 0. The van der Waals surface area contributed by atoms with Crippen LogP contribution in [0.3, 0.4) is 0 Å². The third-order valence-corrected chi connectivity index (χ3v) is 3.16. The highest BCUT2D eigenvalue weighted by atomic mass is 14.6. The van der Waals surface area contributed by atoms with Crippen molar-refractivity contribution in [2.45, 2.75) is 38.5 Å². The maximum Gasteiger partial charge on any atom is 0.0349 e. The van der Waals surface area contributed by atoms with Crippen molar-refractivity contribution in [2.75, 3.05) is 5.73 Å². The average molecular weight is 201 g/mol. The fourth-order valence-electron chi connectivity index (χ4n) is 2.18. The normalized spacial score (nSPS) is 16.4. The first-order chi connectivity index (χ1) is 7.36. The predicted octanol–water partition coefficient (Wildman–Crippen LogP) is 3.70. The lowest BCUT2D eigenvalue weighted by molar-refractivity contribution is 0.597. The van der Waals surface area contributed by atoms with Gasteiger partial charge in [0.15, 0.2) is 0 Å². The molecule has 0 saturated heterocycles. The maximum absolute atomic E-state index is 5.91. The van der Waals surface area contributed by atoms with Crippen molar-refractivity contribution < 1.29 is 0 Å². The van der Waals surface area contributed by atoms with E-state index in [4.69, 9.17) is 5.73 Å². The summed E-state index contributed by atoms with van der Waals surface area (Å²) in [6.07, 6.45) is 10.1. The van der Waals surface area contributed by atoms with Crippen molar-refractivity contribution >= 4 is 5.69 Å². The van der Waals surface area contributed by atoms with E-state index in [-0.39, 0.29) is 0 Å². The Morgan fingerprint density at radius 3 is 2.53 bits per heavy atom. The van der Waals surface area contributed by atoms with Crippen LogP contribution in [-0.2, 0) is 6.42 Å². The molecule has 0 atom stereocenters. The quantitative estimate of drug-likeness (QED) is 0.573. The van der Waals surface area contributed by atoms with Crippen LogP contribution in [0.2, 0.25) is 0 Å². The van der Waals surface area contributed by atoms with Crippen LogP contribution in [0.15, 0.2) is 35.9 Å². The standard InChI is InChI=1S/C14H19N/c15-14-9-5-4-8-13(14)11-10-12-6-2-1-3-7-12/h4-5,8-10H,1-3,6-7,11,15H2. The van der Waals surface area contributed by atoms with E-state index >= 15 is 0 Å². The largest absolute Gasteiger partial charge is 0.398 e. The number of allylic oxidation sites excluding steroid dienone is 2. The lowest BCUT2D eigenvalue weighted by Gasteiger charge is -2.13. The van der Waals surface area contributed by atoms with Crippen LogP contribution in [-0.4, -0.2) is 0 Å². The third kappa shape index (κ3) is 2.85. The van der Waals surface area contributed by atoms with E-state index in [1.165, 1.54) is 37.7 Å². The van der Waals surface area contributed by atoms with Crippen molar-refractivity contribution in [3.63, 3.8) is 0 Å². The SMILES string of the molecule is Nc1ccccc1CC=C1CCCCC1. The molecule has 15 heavy (non-hydrogen) atoms. The van der Waals surface area contributed by atoms with Gasteiger partial charge in [-0.2, -0.15) is 0 Å². The monoisotopic (exact) mass is 201 g/mol. The second-order valence-corrected chi connectivity index (χ2v) is 4.33. The summed E-state index contributed by atoms with van der Waals surface area (Å²) in [5.74, 6) is 0. The molecule has 1 saturated carbocycles. The zero-order valence-electron chi connectivity index (χ0n) is 9.21. The van der Waals surface area contributed by atoms with Gasteiger partial charge in [0.1, 0.15) is 0 Å². The Morgan fingerprint density at radius 2 is 1.80 bits per heavy atom. The Balaban J connectivity index is 2.00. The molecule has 2 rings (SSSR count). The lowest BCUT2D eigenvalue weighted by atomic mass is 9.93. The Labute approximate surface area is 92.0 Å². The highest BCUT2D eigenvalue weighted by Gasteiger charge is 2.04. The molecule has 80 valence electrons. The van der Waals surface area contributed by atoms with Gasteiger partial charge >= 0.3 is 0 Å². The second kappa shape index (κ2) is 5.01. The van der Waals surface area contributed by atoms with Crippen molar-refractivity contribution in [3.8, 4) is 0 Å². The van der Waals surface area contributed by atoms with Gasteiger partial charge in [-0.25, -0.2) is 0 Å². The van der Waals surface area contributed by atoms with E-state index in [1.807, 2.05) is 12.1 Å². The van der Waals surface area contributed by atoms with E-state index < -0.39 is 0 Å². The summed E-state index contributed by atoms with van der Waals surface area (Å²) in [5, 5.41) is 0. The molecule has 2 N–H and O–H groups in total. The molecule has 1 aromatic rings. The number of rotatable bonds is 2. The third-order valence-electron chi connectivity index (χ3n) is 3.16. The van der Waals surface area contributed by atoms with Crippen molar-refractivity contribution in [1.82, 2.24) is 0 Å². The number of hydrogen-bond donors (Lipinski definition) is 1. The molecular formula is C14H19N. The smallest absolute Gasteiger partial charge is 0.0349 e.